The molecule has 1 heterocycles. The van der Waals surface area contributed by atoms with Crippen LogP contribution in [0.3, 0.4) is 0 Å². The molecule has 0 aromatic heterocycles. The van der Waals surface area contributed by atoms with Crippen LogP contribution < -0.4 is 10.6 Å². The van der Waals surface area contributed by atoms with Crippen molar-refractivity contribution < 1.29 is 18.7 Å². The molecule has 0 radical (unpaired) electrons. The van der Waals surface area contributed by atoms with Crippen LogP contribution in [0.4, 0.5) is 8.78 Å². The van der Waals surface area contributed by atoms with Gasteiger partial charge in [0.25, 0.3) is 6.43 Å². The summed E-state index contributed by atoms with van der Waals surface area (Å²) in [5, 5.41) is 14.2. The predicted octanol–water partition coefficient (Wildman–Crippen LogP) is -0.272. The van der Waals surface area contributed by atoms with Crippen molar-refractivity contribution in [2.45, 2.75) is 25.4 Å². The maximum atomic E-state index is 11.9. The minimum Gasteiger partial charge on any atom is -0.385 e. The van der Waals surface area contributed by atoms with Gasteiger partial charge in [-0.15, -0.1) is 0 Å². The van der Waals surface area contributed by atoms with E-state index >= 15 is 0 Å². The van der Waals surface area contributed by atoms with E-state index in [-0.39, 0.29) is 18.4 Å². The SMILES string of the molecule is O=C(NCC(O)C(F)F)[C@H]1CCCNC1. The van der Waals surface area contributed by atoms with E-state index in [1.54, 1.807) is 0 Å². The Hall–Kier alpha value is -0.750. The summed E-state index contributed by atoms with van der Waals surface area (Å²) < 4.78 is 23.8. The Kier molecular flexibility index (Phi) is 4.90. The molecule has 1 saturated heterocycles. The van der Waals surface area contributed by atoms with E-state index in [4.69, 9.17) is 5.11 Å². The van der Waals surface area contributed by atoms with Crippen LogP contribution in [-0.2, 0) is 4.79 Å². The third kappa shape index (κ3) is 4.09. The number of aliphatic hydroxyl groups is 1. The van der Waals surface area contributed by atoms with Gasteiger partial charge in [-0.25, -0.2) is 8.78 Å². The van der Waals surface area contributed by atoms with Crippen molar-refractivity contribution in [1.82, 2.24) is 10.6 Å². The van der Waals surface area contributed by atoms with Crippen molar-refractivity contribution in [2.24, 2.45) is 5.92 Å². The van der Waals surface area contributed by atoms with Gasteiger partial charge < -0.3 is 15.7 Å². The highest BCUT2D eigenvalue weighted by atomic mass is 19.3. The average molecular weight is 222 g/mol. The molecular formula is C9H16F2N2O2. The lowest BCUT2D eigenvalue weighted by atomic mass is 9.99. The van der Waals surface area contributed by atoms with E-state index in [1.165, 1.54) is 0 Å². The fourth-order valence-corrected chi connectivity index (χ4v) is 1.51. The maximum Gasteiger partial charge on any atom is 0.265 e. The first-order valence-corrected chi connectivity index (χ1v) is 5.06. The molecule has 0 aromatic rings. The van der Waals surface area contributed by atoms with Crippen LogP contribution >= 0.6 is 0 Å². The molecule has 0 spiro atoms. The first-order chi connectivity index (χ1) is 7.11. The fraction of sp³-hybridized carbons (Fsp3) is 0.889. The molecule has 6 heteroatoms. The molecular weight excluding hydrogens is 206 g/mol. The standard InChI is InChI=1S/C9H16F2N2O2/c10-8(11)7(14)5-13-9(15)6-2-1-3-12-4-6/h6-8,12,14H,1-5H2,(H,13,15)/t6-,7?/m0/s1. The summed E-state index contributed by atoms with van der Waals surface area (Å²) in [5.41, 5.74) is 0. The molecule has 2 atom stereocenters. The molecule has 1 aliphatic heterocycles. The zero-order chi connectivity index (χ0) is 11.3. The Morgan fingerprint density at radius 2 is 2.33 bits per heavy atom. The van der Waals surface area contributed by atoms with Gasteiger partial charge in [0.15, 0.2) is 0 Å². The lowest BCUT2D eigenvalue weighted by Crippen LogP contribution is -2.43. The van der Waals surface area contributed by atoms with Gasteiger partial charge >= 0.3 is 0 Å². The van der Waals surface area contributed by atoms with Crippen LogP contribution in [0.5, 0.6) is 0 Å². The largest absolute Gasteiger partial charge is 0.385 e. The van der Waals surface area contributed by atoms with E-state index < -0.39 is 12.5 Å². The second kappa shape index (κ2) is 5.97. The van der Waals surface area contributed by atoms with Gasteiger partial charge in [-0.05, 0) is 19.4 Å². The van der Waals surface area contributed by atoms with E-state index in [9.17, 15) is 13.6 Å². The van der Waals surface area contributed by atoms with E-state index in [0.717, 1.165) is 19.4 Å². The summed E-state index contributed by atoms with van der Waals surface area (Å²) in [5.74, 6) is -0.425. The summed E-state index contributed by atoms with van der Waals surface area (Å²) in [6, 6.07) is 0. The fourth-order valence-electron chi connectivity index (χ4n) is 1.51. The zero-order valence-corrected chi connectivity index (χ0v) is 8.38. The number of aliphatic hydroxyl groups excluding tert-OH is 1. The maximum absolute atomic E-state index is 11.9. The van der Waals surface area contributed by atoms with Crippen LogP contribution in [0.2, 0.25) is 0 Å². The molecule has 0 aliphatic carbocycles. The smallest absolute Gasteiger partial charge is 0.265 e. The normalized spacial score (nSPS) is 23.9. The Balaban J connectivity index is 2.22. The third-order valence-corrected chi connectivity index (χ3v) is 2.44. The second-order valence-corrected chi connectivity index (χ2v) is 3.69. The number of alkyl halides is 2. The molecule has 0 aromatic carbocycles. The number of amides is 1. The van der Waals surface area contributed by atoms with Crippen molar-refractivity contribution in [1.29, 1.82) is 0 Å². The van der Waals surface area contributed by atoms with Crippen LogP contribution in [0.15, 0.2) is 0 Å². The first-order valence-electron chi connectivity index (χ1n) is 5.06. The number of rotatable bonds is 4. The van der Waals surface area contributed by atoms with Crippen molar-refractivity contribution in [2.75, 3.05) is 19.6 Å². The summed E-state index contributed by atoms with van der Waals surface area (Å²) in [4.78, 5) is 11.4. The van der Waals surface area contributed by atoms with Gasteiger partial charge in [0.2, 0.25) is 5.91 Å². The Morgan fingerprint density at radius 1 is 1.60 bits per heavy atom. The van der Waals surface area contributed by atoms with E-state index in [0.29, 0.717) is 6.54 Å². The Bertz CT molecular complexity index is 208. The van der Waals surface area contributed by atoms with Gasteiger partial charge in [0.05, 0.1) is 5.92 Å². The Labute approximate surface area is 87.0 Å². The molecule has 1 aliphatic rings. The molecule has 0 saturated carbocycles. The quantitative estimate of drug-likeness (QED) is 0.613. The van der Waals surface area contributed by atoms with Crippen LogP contribution in [-0.4, -0.2) is 43.2 Å². The highest BCUT2D eigenvalue weighted by Crippen LogP contribution is 2.09. The molecule has 4 nitrogen and oxygen atoms in total. The average Bonchev–Trinajstić information content (AvgIpc) is 2.26. The highest BCUT2D eigenvalue weighted by Gasteiger charge is 2.23. The molecule has 0 bridgehead atoms. The highest BCUT2D eigenvalue weighted by molar-refractivity contribution is 5.78. The minimum atomic E-state index is -2.81. The number of carbonyl (C=O) groups excluding carboxylic acids is 1. The first kappa shape index (κ1) is 12.3. The molecule has 3 N–H and O–H groups in total. The third-order valence-electron chi connectivity index (χ3n) is 2.44. The predicted molar refractivity (Wildman–Crippen MR) is 50.6 cm³/mol. The summed E-state index contributed by atoms with van der Waals surface area (Å²) >= 11 is 0. The lowest BCUT2D eigenvalue weighted by Gasteiger charge is -2.22. The van der Waals surface area contributed by atoms with Crippen molar-refractivity contribution in [3.63, 3.8) is 0 Å². The Morgan fingerprint density at radius 3 is 2.87 bits per heavy atom. The molecule has 1 amide bonds. The van der Waals surface area contributed by atoms with Crippen molar-refractivity contribution in [3.05, 3.63) is 0 Å². The number of hydrogen-bond acceptors (Lipinski definition) is 3. The van der Waals surface area contributed by atoms with Crippen LogP contribution in [0.1, 0.15) is 12.8 Å². The van der Waals surface area contributed by atoms with Gasteiger partial charge in [0, 0.05) is 13.1 Å². The van der Waals surface area contributed by atoms with Gasteiger partial charge in [-0.1, -0.05) is 0 Å². The summed E-state index contributed by atoms with van der Waals surface area (Å²) in [7, 11) is 0. The minimum absolute atomic E-state index is 0.163. The van der Waals surface area contributed by atoms with Gasteiger partial charge in [-0.2, -0.15) is 0 Å². The number of halogens is 2. The van der Waals surface area contributed by atoms with Crippen molar-refractivity contribution >= 4 is 5.91 Å². The second-order valence-electron chi connectivity index (χ2n) is 3.69. The van der Waals surface area contributed by atoms with Gasteiger partial charge in [-0.3, -0.25) is 4.79 Å². The van der Waals surface area contributed by atoms with Gasteiger partial charge in [0.1, 0.15) is 6.10 Å². The van der Waals surface area contributed by atoms with E-state index in [1.807, 2.05) is 0 Å². The summed E-state index contributed by atoms with van der Waals surface area (Å²) in [6.07, 6.45) is -2.90. The zero-order valence-electron chi connectivity index (χ0n) is 8.38. The molecule has 1 rings (SSSR count). The van der Waals surface area contributed by atoms with Crippen LogP contribution in [0, 0.1) is 5.92 Å². The lowest BCUT2D eigenvalue weighted by molar-refractivity contribution is -0.126. The monoisotopic (exact) mass is 222 g/mol. The van der Waals surface area contributed by atoms with Crippen LogP contribution in [0.25, 0.3) is 0 Å². The molecule has 88 valence electrons. The topological polar surface area (TPSA) is 61.4 Å². The van der Waals surface area contributed by atoms with E-state index in [2.05, 4.69) is 10.6 Å². The summed E-state index contributed by atoms with van der Waals surface area (Å²) in [6.45, 7) is 1.09. The number of nitrogens with one attached hydrogen (secondary N) is 2. The van der Waals surface area contributed by atoms with Crippen molar-refractivity contribution in [3.8, 4) is 0 Å². The molecule has 15 heavy (non-hydrogen) atoms. The molecule has 1 fully saturated rings. The number of piperidine rings is 1. The number of hydrogen-bond donors (Lipinski definition) is 3. The molecule has 1 unspecified atom stereocenters. The number of carbonyl (C=O) groups is 1.